The Kier molecular flexibility index (Phi) is 11.2. The van der Waals surface area contributed by atoms with E-state index >= 15 is 0 Å². The Labute approximate surface area is 304 Å². The van der Waals surface area contributed by atoms with E-state index in [1.807, 2.05) is 27.7 Å². The fraction of sp³-hybridized carbons (Fsp3) is 0.314. The maximum absolute atomic E-state index is 14.4. The molecular formula is C35H38ClN8O7P. The lowest BCUT2D eigenvalue weighted by Crippen LogP contribution is -2.37. The Bertz CT molecular complexity index is 2320. The highest BCUT2D eigenvalue weighted by Gasteiger charge is 2.35. The summed E-state index contributed by atoms with van der Waals surface area (Å²) in [7, 11) is -3.23. The van der Waals surface area contributed by atoms with Crippen LogP contribution >= 0.6 is 19.4 Å². The Morgan fingerprint density at radius 1 is 1.19 bits per heavy atom. The topological polar surface area (TPSA) is 198 Å². The lowest BCUT2D eigenvalue weighted by atomic mass is 9.95. The first-order valence-corrected chi connectivity index (χ1v) is 18.0. The summed E-state index contributed by atoms with van der Waals surface area (Å²) in [4.78, 5) is 51.8. The van der Waals surface area contributed by atoms with Gasteiger partial charge in [-0.15, -0.1) is 5.10 Å². The maximum Gasteiger partial charge on any atom is 0.469 e. The number of benzene rings is 2. The summed E-state index contributed by atoms with van der Waals surface area (Å²) in [6.07, 6.45) is 4.21. The zero-order valence-corrected chi connectivity index (χ0v) is 30.9. The number of phosphoric ester groups is 1. The molecule has 0 unspecified atom stereocenters. The third-order valence-electron chi connectivity index (χ3n) is 8.10. The molecule has 5 rings (SSSR count). The summed E-state index contributed by atoms with van der Waals surface area (Å²) in [6, 6.07) is 11.0. The van der Waals surface area contributed by atoms with Gasteiger partial charge in [-0.05, 0) is 47.1 Å². The molecule has 0 saturated heterocycles. The smallest absolute Gasteiger partial charge is 0.447 e. The van der Waals surface area contributed by atoms with Gasteiger partial charge in [0.05, 0.1) is 40.3 Å². The van der Waals surface area contributed by atoms with Crippen LogP contribution in [-0.2, 0) is 20.9 Å². The van der Waals surface area contributed by atoms with E-state index in [2.05, 4.69) is 37.8 Å². The number of nitrogens with zero attached hydrogens (tertiary/aromatic N) is 7. The molecule has 5 aromatic rings. The molecule has 1 amide bonds. The number of rotatable bonds is 12. The minimum absolute atomic E-state index is 0.145. The predicted molar refractivity (Wildman–Crippen MR) is 198 cm³/mol. The van der Waals surface area contributed by atoms with Gasteiger partial charge < -0.3 is 24.4 Å². The first-order chi connectivity index (χ1) is 24.5. The number of phosphoric acid groups is 1. The Hall–Kier alpha value is -5.10. The van der Waals surface area contributed by atoms with Gasteiger partial charge in [-0.1, -0.05) is 63.2 Å². The number of halogens is 1. The van der Waals surface area contributed by atoms with Gasteiger partial charge in [0, 0.05) is 42.5 Å². The number of pyridine rings is 2. The third kappa shape index (κ3) is 8.33. The molecule has 0 aliphatic carbocycles. The standard InChI is InChI=1S/C35H38ClN8O7P/c1-7-21(2)43-19-29(40-41-43)32(25-9-8-10-26-24(25)11-12-42(6)33(26)45)44(34(46)50-13-14-51-52(47,48)49)23-15-27-30(39-20-35(3,4)5)22(17-37)18-38-31(27)28(36)16-23/h8-12,15-16,18-19,32H,2,7,13-14,20H2,1,3-6H3,(H,38,39)(H2,47,48,49)/t32-/m0/s1. The molecular weight excluding hydrogens is 711 g/mol. The number of aromatic nitrogens is 5. The molecule has 0 fully saturated rings. The Morgan fingerprint density at radius 2 is 1.94 bits per heavy atom. The van der Waals surface area contributed by atoms with Crippen LogP contribution in [-0.4, -0.2) is 60.2 Å². The van der Waals surface area contributed by atoms with Crippen molar-refractivity contribution in [2.24, 2.45) is 12.5 Å². The molecule has 17 heteroatoms. The first kappa shape index (κ1) is 38.1. The van der Waals surface area contributed by atoms with E-state index in [-0.39, 0.29) is 32.9 Å². The molecule has 0 saturated carbocycles. The third-order valence-corrected chi connectivity index (χ3v) is 8.91. The van der Waals surface area contributed by atoms with Gasteiger partial charge >= 0.3 is 13.9 Å². The number of nitrogens with one attached hydrogen (secondary N) is 1. The van der Waals surface area contributed by atoms with Gasteiger partial charge in [-0.25, -0.2) is 14.0 Å². The number of hydrogen-bond acceptors (Lipinski definition) is 10. The SMILES string of the molecule is C=C(CC)n1cc([C@H](c2cccc3c(=O)n(C)ccc23)N(C(=O)OCCOP(=O)(O)O)c2cc(Cl)c3ncc(C#N)c(NCC(C)(C)C)c3c2)nn1. The van der Waals surface area contributed by atoms with Crippen LogP contribution in [0.2, 0.25) is 5.02 Å². The van der Waals surface area contributed by atoms with Crippen molar-refractivity contribution in [1.29, 1.82) is 5.26 Å². The Balaban J connectivity index is 1.81. The minimum atomic E-state index is -4.86. The molecule has 0 bridgehead atoms. The van der Waals surface area contributed by atoms with Crippen molar-refractivity contribution in [3.8, 4) is 6.07 Å². The molecule has 0 aliphatic rings. The highest BCUT2D eigenvalue weighted by atomic mass is 35.5. The quantitative estimate of drug-likeness (QED) is 0.0941. The molecule has 0 radical (unpaired) electrons. The van der Waals surface area contributed by atoms with Gasteiger partial charge in [-0.3, -0.25) is 19.2 Å². The zero-order valence-electron chi connectivity index (χ0n) is 29.2. The monoisotopic (exact) mass is 748 g/mol. The molecule has 3 N–H and O–H groups in total. The van der Waals surface area contributed by atoms with Crippen LogP contribution < -0.4 is 15.8 Å². The van der Waals surface area contributed by atoms with Crippen LogP contribution in [0.4, 0.5) is 16.2 Å². The lowest BCUT2D eigenvalue weighted by Gasteiger charge is -2.31. The van der Waals surface area contributed by atoms with Crippen LogP contribution in [0.3, 0.4) is 0 Å². The fourth-order valence-corrected chi connectivity index (χ4v) is 6.09. The van der Waals surface area contributed by atoms with E-state index in [0.717, 1.165) is 0 Å². The van der Waals surface area contributed by atoms with Gasteiger partial charge in [0.25, 0.3) is 5.56 Å². The molecule has 15 nitrogen and oxygen atoms in total. The number of fused-ring (bicyclic) bond motifs is 2. The second kappa shape index (κ2) is 15.2. The van der Waals surface area contributed by atoms with E-state index in [4.69, 9.17) is 16.3 Å². The number of carbonyl (C=O) groups is 1. The van der Waals surface area contributed by atoms with Crippen molar-refractivity contribution in [3.63, 3.8) is 0 Å². The first-order valence-electron chi connectivity index (χ1n) is 16.1. The summed E-state index contributed by atoms with van der Waals surface area (Å²) in [6.45, 7) is 11.4. The molecule has 0 spiro atoms. The van der Waals surface area contributed by atoms with Crippen LogP contribution in [0.15, 0.2) is 66.4 Å². The highest BCUT2D eigenvalue weighted by molar-refractivity contribution is 7.46. The molecule has 272 valence electrons. The van der Waals surface area contributed by atoms with Crippen LogP contribution in [0.5, 0.6) is 0 Å². The van der Waals surface area contributed by atoms with E-state index in [1.54, 1.807) is 49.8 Å². The van der Waals surface area contributed by atoms with Crippen molar-refractivity contribution >= 4 is 64.3 Å². The fourth-order valence-electron chi connectivity index (χ4n) is 5.51. The lowest BCUT2D eigenvalue weighted by molar-refractivity contribution is 0.114. The number of carbonyl (C=O) groups excluding carboxylic acids is 1. The van der Waals surface area contributed by atoms with E-state index in [0.29, 0.717) is 51.6 Å². The number of nitriles is 1. The summed E-state index contributed by atoms with van der Waals surface area (Å²) >= 11 is 6.89. The van der Waals surface area contributed by atoms with Crippen LogP contribution in [0.25, 0.3) is 27.4 Å². The summed E-state index contributed by atoms with van der Waals surface area (Å²) < 4.78 is 24.4. The van der Waals surface area contributed by atoms with Crippen LogP contribution in [0, 0.1) is 16.7 Å². The second-order valence-corrected chi connectivity index (χ2v) is 14.8. The number of allylic oxidation sites excluding steroid dienone is 1. The zero-order chi connectivity index (χ0) is 38.0. The molecule has 3 heterocycles. The number of hydrogen-bond donors (Lipinski definition) is 3. The number of aryl methyl sites for hydroxylation is 1. The average molecular weight is 749 g/mol. The van der Waals surface area contributed by atoms with Gasteiger partial charge in [0.2, 0.25) is 0 Å². The minimum Gasteiger partial charge on any atom is -0.447 e. The summed E-state index contributed by atoms with van der Waals surface area (Å²) in [5, 5.41) is 23.6. The molecule has 2 aromatic carbocycles. The van der Waals surface area contributed by atoms with Crippen molar-refractivity contribution in [2.75, 3.05) is 30.0 Å². The van der Waals surface area contributed by atoms with Crippen molar-refractivity contribution in [2.45, 2.75) is 40.2 Å². The largest absolute Gasteiger partial charge is 0.469 e. The van der Waals surface area contributed by atoms with Gasteiger partial charge in [0.1, 0.15) is 24.4 Å². The van der Waals surface area contributed by atoms with E-state index in [1.165, 1.54) is 26.4 Å². The van der Waals surface area contributed by atoms with Crippen molar-refractivity contribution in [1.82, 2.24) is 24.5 Å². The normalized spacial score (nSPS) is 12.4. The molecule has 52 heavy (non-hydrogen) atoms. The van der Waals surface area contributed by atoms with Crippen LogP contribution in [0.1, 0.15) is 57.0 Å². The van der Waals surface area contributed by atoms with Crippen molar-refractivity contribution in [3.05, 3.63) is 93.8 Å². The highest BCUT2D eigenvalue weighted by Crippen LogP contribution is 2.41. The molecule has 3 aromatic heterocycles. The summed E-state index contributed by atoms with van der Waals surface area (Å²) in [5.74, 6) is 0. The van der Waals surface area contributed by atoms with Gasteiger partial charge in [0.15, 0.2) is 0 Å². The van der Waals surface area contributed by atoms with Crippen molar-refractivity contribution < 1.29 is 28.4 Å². The Morgan fingerprint density at radius 3 is 2.62 bits per heavy atom. The number of anilines is 2. The van der Waals surface area contributed by atoms with E-state index in [9.17, 15) is 29.2 Å². The molecule has 1 atom stereocenters. The summed E-state index contributed by atoms with van der Waals surface area (Å²) in [5.41, 5.74) is 2.13. The second-order valence-electron chi connectivity index (χ2n) is 13.2. The maximum atomic E-state index is 14.4. The average Bonchev–Trinajstić information content (AvgIpc) is 3.58. The van der Waals surface area contributed by atoms with E-state index < -0.39 is 33.2 Å². The number of ether oxygens (including phenoxy) is 1. The van der Waals surface area contributed by atoms with Gasteiger partial charge in [-0.2, -0.15) is 5.26 Å². The number of amides is 1. The molecule has 0 aliphatic heterocycles. The predicted octanol–water partition coefficient (Wildman–Crippen LogP) is 6.38.